The molecule has 10 heteroatoms. The van der Waals surface area contributed by atoms with Gasteiger partial charge in [-0.1, -0.05) is 11.6 Å². The van der Waals surface area contributed by atoms with E-state index in [1.807, 2.05) is 11.9 Å². The van der Waals surface area contributed by atoms with Gasteiger partial charge in [-0.25, -0.2) is 4.39 Å². The summed E-state index contributed by atoms with van der Waals surface area (Å²) in [5.41, 5.74) is 2.12. The van der Waals surface area contributed by atoms with Gasteiger partial charge in [0.1, 0.15) is 18.2 Å². The molecule has 2 aliphatic rings. The first-order valence-electron chi connectivity index (χ1n) is 10.7. The zero-order valence-corrected chi connectivity index (χ0v) is 19.1. The second kappa shape index (κ2) is 10.4. The summed E-state index contributed by atoms with van der Waals surface area (Å²) in [5.74, 6) is -0.178. The molecule has 0 saturated carbocycles. The number of Topliss-reactive ketones (excluding diaryl/α,β-unsaturated/α-hetero) is 1. The van der Waals surface area contributed by atoms with Gasteiger partial charge in [0.15, 0.2) is 5.78 Å². The number of carbonyl (C=O) groups is 2. The molecule has 2 aliphatic heterocycles. The molecule has 1 aromatic heterocycles. The molecule has 0 bridgehead atoms. The van der Waals surface area contributed by atoms with Crippen LogP contribution in [0.1, 0.15) is 22.5 Å². The third kappa shape index (κ3) is 5.73. The SMILES string of the molecule is CN1CCN(C(=O)CNCc2nccc3c2N=C(COc2ccc(F)c(Cl)c2)CC3=O)CC1. The Kier molecular flexibility index (Phi) is 7.32. The number of amides is 1. The van der Waals surface area contributed by atoms with Crippen LogP contribution in [0.4, 0.5) is 10.1 Å². The highest BCUT2D eigenvalue weighted by Gasteiger charge is 2.24. The highest BCUT2D eigenvalue weighted by molar-refractivity contribution is 6.30. The number of ketones is 1. The lowest BCUT2D eigenvalue weighted by Crippen LogP contribution is -2.49. The fourth-order valence-electron chi connectivity index (χ4n) is 3.73. The van der Waals surface area contributed by atoms with E-state index < -0.39 is 5.82 Å². The zero-order chi connectivity index (χ0) is 23.4. The number of nitrogens with one attached hydrogen (secondary N) is 1. The van der Waals surface area contributed by atoms with Gasteiger partial charge in [-0.05, 0) is 25.2 Å². The number of hydrogen-bond acceptors (Lipinski definition) is 7. The Hall–Kier alpha value is -2.88. The Morgan fingerprint density at radius 1 is 1.24 bits per heavy atom. The molecule has 0 atom stereocenters. The molecule has 0 spiro atoms. The molecule has 1 N–H and O–H groups in total. The van der Waals surface area contributed by atoms with E-state index in [0.717, 1.165) is 26.2 Å². The van der Waals surface area contributed by atoms with Crippen LogP contribution in [-0.4, -0.2) is 78.6 Å². The van der Waals surface area contributed by atoms with Crippen LogP contribution in [0.2, 0.25) is 5.02 Å². The van der Waals surface area contributed by atoms with Crippen molar-refractivity contribution < 1.29 is 18.7 Å². The predicted octanol–water partition coefficient (Wildman–Crippen LogP) is 2.48. The molecule has 0 aliphatic carbocycles. The summed E-state index contributed by atoms with van der Waals surface area (Å²) in [6.07, 6.45) is 1.70. The third-order valence-corrected chi connectivity index (χ3v) is 5.95. The topological polar surface area (TPSA) is 87.1 Å². The monoisotopic (exact) mass is 473 g/mol. The molecule has 0 radical (unpaired) electrons. The van der Waals surface area contributed by atoms with Crippen molar-refractivity contribution in [1.29, 1.82) is 0 Å². The molecular formula is C23H25ClFN5O3. The molecule has 1 aromatic carbocycles. The molecule has 3 heterocycles. The van der Waals surface area contributed by atoms with Crippen molar-refractivity contribution in [1.82, 2.24) is 20.1 Å². The van der Waals surface area contributed by atoms with Gasteiger partial charge in [-0.2, -0.15) is 0 Å². The smallest absolute Gasteiger partial charge is 0.236 e. The number of benzene rings is 1. The minimum atomic E-state index is -0.530. The largest absolute Gasteiger partial charge is 0.488 e. The molecule has 1 fully saturated rings. The van der Waals surface area contributed by atoms with Gasteiger partial charge >= 0.3 is 0 Å². The van der Waals surface area contributed by atoms with E-state index in [9.17, 15) is 14.0 Å². The summed E-state index contributed by atoms with van der Waals surface area (Å²) in [7, 11) is 2.04. The number of carbonyl (C=O) groups excluding carboxylic acids is 2. The lowest BCUT2D eigenvalue weighted by atomic mass is 10.00. The Balaban J connectivity index is 1.39. The van der Waals surface area contributed by atoms with Crippen LogP contribution in [0.15, 0.2) is 35.5 Å². The van der Waals surface area contributed by atoms with Gasteiger partial charge in [-0.3, -0.25) is 19.6 Å². The van der Waals surface area contributed by atoms with Crippen LogP contribution in [0.3, 0.4) is 0 Å². The number of likely N-dealkylation sites (N-methyl/N-ethyl adjacent to an activating group) is 1. The molecular weight excluding hydrogens is 449 g/mol. The van der Waals surface area contributed by atoms with E-state index in [1.54, 1.807) is 12.3 Å². The number of piperazine rings is 1. The van der Waals surface area contributed by atoms with Crippen LogP contribution < -0.4 is 10.1 Å². The van der Waals surface area contributed by atoms with Crippen molar-refractivity contribution in [3.8, 4) is 5.75 Å². The van der Waals surface area contributed by atoms with Crippen molar-refractivity contribution in [2.45, 2.75) is 13.0 Å². The first-order chi connectivity index (χ1) is 15.9. The Bertz CT molecular complexity index is 1090. The van der Waals surface area contributed by atoms with Gasteiger partial charge in [0.25, 0.3) is 0 Å². The Labute approximate surface area is 196 Å². The average molecular weight is 474 g/mol. The number of aliphatic imine (C=N–C) groups is 1. The fourth-order valence-corrected chi connectivity index (χ4v) is 3.90. The highest BCUT2D eigenvalue weighted by atomic mass is 35.5. The number of pyridine rings is 1. The first-order valence-corrected chi connectivity index (χ1v) is 11.1. The molecule has 0 unspecified atom stereocenters. The van der Waals surface area contributed by atoms with Gasteiger partial charge in [0, 0.05) is 50.6 Å². The average Bonchev–Trinajstić information content (AvgIpc) is 2.80. The quantitative estimate of drug-likeness (QED) is 0.664. The summed E-state index contributed by atoms with van der Waals surface area (Å²) >= 11 is 5.79. The van der Waals surface area contributed by atoms with Crippen LogP contribution in [-0.2, 0) is 11.3 Å². The maximum absolute atomic E-state index is 13.3. The standard InChI is InChI=1S/C23H25ClFN5O3/c1-29-6-8-30(9-7-29)22(32)13-26-12-20-23-17(4-5-27-20)21(31)10-15(28-23)14-33-16-2-3-19(25)18(24)11-16/h2-5,11,26H,6-10,12-14H2,1H3. The second-order valence-electron chi connectivity index (χ2n) is 8.08. The lowest BCUT2D eigenvalue weighted by molar-refractivity contribution is -0.131. The summed E-state index contributed by atoms with van der Waals surface area (Å²) in [4.78, 5) is 38.1. The number of ether oxygens (including phenoxy) is 1. The minimum absolute atomic E-state index is 0.0387. The molecule has 4 rings (SSSR count). The Morgan fingerprint density at radius 2 is 2.03 bits per heavy atom. The van der Waals surface area contributed by atoms with Crippen LogP contribution >= 0.6 is 11.6 Å². The maximum atomic E-state index is 13.3. The Morgan fingerprint density at radius 3 is 2.79 bits per heavy atom. The summed E-state index contributed by atoms with van der Waals surface area (Å²) in [6, 6.07) is 5.72. The van der Waals surface area contributed by atoms with E-state index in [0.29, 0.717) is 35.0 Å². The molecule has 33 heavy (non-hydrogen) atoms. The van der Waals surface area contributed by atoms with Crippen molar-refractivity contribution in [2.24, 2.45) is 4.99 Å². The van der Waals surface area contributed by atoms with Gasteiger partial charge in [0.2, 0.25) is 5.91 Å². The fraction of sp³-hybridized carbons (Fsp3) is 0.391. The third-order valence-electron chi connectivity index (χ3n) is 5.66. The first kappa shape index (κ1) is 23.3. The zero-order valence-electron chi connectivity index (χ0n) is 18.3. The molecule has 8 nitrogen and oxygen atoms in total. The van der Waals surface area contributed by atoms with Crippen molar-refractivity contribution in [2.75, 3.05) is 46.4 Å². The summed E-state index contributed by atoms with van der Waals surface area (Å²) < 4.78 is 19.0. The van der Waals surface area contributed by atoms with E-state index in [1.165, 1.54) is 18.2 Å². The number of fused-ring (bicyclic) bond motifs is 1. The van der Waals surface area contributed by atoms with E-state index in [-0.39, 0.29) is 36.3 Å². The summed E-state index contributed by atoms with van der Waals surface area (Å²) in [5, 5.41) is 3.09. The van der Waals surface area contributed by atoms with E-state index >= 15 is 0 Å². The normalized spacial score (nSPS) is 16.4. The van der Waals surface area contributed by atoms with Crippen molar-refractivity contribution in [3.05, 3.63) is 52.6 Å². The minimum Gasteiger partial charge on any atom is -0.488 e. The predicted molar refractivity (Wildman–Crippen MR) is 123 cm³/mol. The van der Waals surface area contributed by atoms with Crippen molar-refractivity contribution in [3.63, 3.8) is 0 Å². The van der Waals surface area contributed by atoms with Gasteiger partial charge < -0.3 is 19.9 Å². The molecule has 1 amide bonds. The van der Waals surface area contributed by atoms with Crippen molar-refractivity contribution >= 4 is 34.7 Å². The number of hydrogen-bond donors (Lipinski definition) is 1. The van der Waals surface area contributed by atoms with Crippen LogP contribution in [0, 0.1) is 5.82 Å². The van der Waals surface area contributed by atoms with Gasteiger partial charge in [-0.15, -0.1) is 0 Å². The molecule has 174 valence electrons. The highest BCUT2D eigenvalue weighted by Crippen LogP contribution is 2.29. The molecule has 2 aromatic rings. The van der Waals surface area contributed by atoms with Crippen LogP contribution in [0.25, 0.3) is 0 Å². The maximum Gasteiger partial charge on any atom is 0.236 e. The number of halogens is 2. The molecule has 1 saturated heterocycles. The second-order valence-corrected chi connectivity index (χ2v) is 8.49. The number of rotatable bonds is 7. The summed E-state index contributed by atoms with van der Waals surface area (Å²) in [6.45, 7) is 3.73. The van der Waals surface area contributed by atoms with E-state index in [4.69, 9.17) is 16.3 Å². The van der Waals surface area contributed by atoms with Crippen LogP contribution in [0.5, 0.6) is 5.75 Å². The number of aromatic nitrogens is 1. The van der Waals surface area contributed by atoms with Gasteiger partial charge in [0.05, 0.1) is 35.1 Å². The number of nitrogens with zero attached hydrogens (tertiary/aromatic N) is 4. The van der Waals surface area contributed by atoms with E-state index in [2.05, 4.69) is 20.2 Å². The lowest BCUT2D eigenvalue weighted by Gasteiger charge is -2.32.